The van der Waals surface area contributed by atoms with Gasteiger partial charge in [-0.25, -0.2) is 9.97 Å². The van der Waals surface area contributed by atoms with Gasteiger partial charge in [0.1, 0.15) is 11.5 Å². The average molecular weight is 350 g/mol. The van der Waals surface area contributed by atoms with Gasteiger partial charge in [0.25, 0.3) is 0 Å². The SMILES string of the molecule is Cc1cc(-c2ccc3cccc(CC(=O)Nc4nccs4)c3n2)no1. The zero-order chi connectivity index (χ0) is 17.2. The van der Waals surface area contributed by atoms with Crippen LogP contribution in [0.1, 0.15) is 11.3 Å². The number of thiazole rings is 1. The zero-order valence-corrected chi connectivity index (χ0v) is 14.2. The Morgan fingerprint density at radius 1 is 1.24 bits per heavy atom. The van der Waals surface area contributed by atoms with Gasteiger partial charge in [0.05, 0.1) is 17.6 Å². The molecular weight excluding hydrogens is 336 g/mol. The lowest BCUT2D eigenvalue weighted by atomic mass is 10.1. The highest BCUT2D eigenvalue weighted by Gasteiger charge is 2.12. The van der Waals surface area contributed by atoms with Crippen LogP contribution in [0.15, 0.2) is 52.5 Å². The Hall–Kier alpha value is -3.06. The molecule has 0 saturated heterocycles. The predicted molar refractivity (Wildman–Crippen MR) is 96.4 cm³/mol. The molecular formula is C18H14N4O2S. The van der Waals surface area contributed by atoms with E-state index in [9.17, 15) is 4.79 Å². The lowest BCUT2D eigenvalue weighted by Gasteiger charge is -2.07. The van der Waals surface area contributed by atoms with Crippen molar-refractivity contribution in [3.8, 4) is 11.4 Å². The van der Waals surface area contributed by atoms with E-state index in [0.717, 1.165) is 27.9 Å². The lowest BCUT2D eigenvalue weighted by molar-refractivity contribution is -0.115. The highest BCUT2D eigenvalue weighted by atomic mass is 32.1. The third kappa shape index (κ3) is 3.27. The van der Waals surface area contributed by atoms with Crippen molar-refractivity contribution in [3.63, 3.8) is 0 Å². The number of carbonyl (C=O) groups is 1. The van der Waals surface area contributed by atoms with Crippen molar-refractivity contribution in [3.05, 3.63) is 59.3 Å². The molecule has 0 spiro atoms. The average Bonchev–Trinajstić information content (AvgIpc) is 3.26. The molecule has 1 N–H and O–H groups in total. The number of nitrogens with zero attached hydrogens (tertiary/aromatic N) is 3. The van der Waals surface area contributed by atoms with E-state index in [0.29, 0.717) is 10.8 Å². The Bertz CT molecular complexity index is 1040. The molecule has 0 aliphatic rings. The fourth-order valence-corrected chi connectivity index (χ4v) is 3.15. The van der Waals surface area contributed by atoms with Crippen LogP contribution in [0.5, 0.6) is 0 Å². The zero-order valence-electron chi connectivity index (χ0n) is 13.4. The number of amides is 1. The molecule has 7 heteroatoms. The Balaban J connectivity index is 1.67. The van der Waals surface area contributed by atoms with Crippen molar-refractivity contribution < 1.29 is 9.32 Å². The molecule has 1 amide bonds. The number of nitrogens with one attached hydrogen (secondary N) is 1. The maximum Gasteiger partial charge on any atom is 0.230 e. The maximum absolute atomic E-state index is 12.3. The molecule has 4 rings (SSSR count). The van der Waals surface area contributed by atoms with Crippen LogP contribution in [0.3, 0.4) is 0 Å². The summed E-state index contributed by atoms with van der Waals surface area (Å²) in [6.45, 7) is 1.84. The number of rotatable bonds is 4. The second-order valence-electron chi connectivity index (χ2n) is 5.57. The van der Waals surface area contributed by atoms with E-state index >= 15 is 0 Å². The summed E-state index contributed by atoms with van der Waals surface area (Å²) in [4.78, 5) is 21.0. The van der Waals surface area contributed by atoms with Crippen LogP contribution < -0.4 is 5.32 Å². The topological polar surface area (TPSA) is 80.9 Å². The van der Waals surface area contributed by atoms with Crippen LogP contribution >= 0.6 is 11.3 Å². The van der Waals surface area contributed by atoms with Crippen LogP contribution in [-0.2, 0) is 11.2 Å². The Kier molecular flexibility index (Phi) is 3.99. The second-order valence-corrected chi connectivity index (χ2v) is 6.46. The summed E-state index contributed by atoms with van der Waals surface area (Å²) in [6, 6.07) is 11.5. The first-order chi connectivity index (χ1) is 12.2. The minimum atomic E-state index is -0.119. The third-order valence-corrected chi connectivity index (χ3v) is 4.41. The fraction of sp³-hybridized carbons (Fsp3) is 0.111. The smallest absolute Gasteiger partial charge is 0.230 e. The second kappa shape index (κ2) is 6.45. The summed E-state index contributed by atoms with van der Waals surface area (Å²) in [7, 11) is 0. The van der Waals surface area contributed by atoms with Gasteiger partial charge in [0, 0.05) is 23.0 Å². The van der Waals surface area contributed by atoms with Crippen LogP contribution in [0.2, 0.25) is 0 Å². The van der Waals surface area contributed by atoms with E-state index in [-0.39, 0.29) is 12.3 Å². The molecule has 4 aromatic rings. The Morgan fingerprint density at radius 2 is 2.16 bits per heavy atom. The van der Waals surface area contributed by atoms with Gasteiger partial charge in [-0.3, -0.25) is 4.79 Å². The molecule has 3 aromatic heterocycles. The van der Waals surface area contributed by atoms with Gasteiger partial charge in [-0.05, 0) is 18.6 Å². The van der Waals surface area contributed by atoms with Gasteiger partial charge in [0.15, 0.2) is 5.13 Å². The molecule has 0 atom stereocenters. The summed E-state index contributed by atoms with van der Waals surface area (Å²) in [5.41, 5.74) is 3.04. The van der Waals surface area contributed by atoms with Gasteiger partial charge in [0.2, 0.25) is 5.91 Å². The van der Waals surface area contributed by atoms with Crippen LogP contribution in [0.4, 0.5) is 5.13 Å². The van der Waals surface area contributed by atoms with E-state index in [1.165, 1.54) is 11.3 Å². The van der Waals surface area contributed by atoms with Crippen LogP contribution in [0, 0.1) is 6.92 Å². The van der Waals surface area contributed by atoms with E-state index in [2.05, 4.69) is 15.5 Å². The van der Waals surface area contributed by atoms with Gasteiger partial charge >= 0.3 is 0 Å². The van der Waals surface area contributed by atoms with E-state index in [1.807, 2.05) is 48.7 Å². The summed E-state index contributed by atoms with van der Waals surface area (Å²) >= 11 is 1.39. The van der Waals surface area contributed by atoms with Crippen molar-refractivity contribution >= 4 is 33.3 Å². The predicted octanol–water partition coefficient (Wildman–Crippen LogP) is 3.84. The number of pyridine rings is 1. The maximum atomic E-state index is 12.3. The number of para-hydroxylation sites is 1. The number of aryl methyl sites for hydroxylation is 1. The molecule has 3 heterocycles. The molecule has 124 valence electrons. The summed E-state index contributed by atoms with van der Waals surface area (Å²) < 4.78 is 5.12. The lowest BCUT2D eigenvalue weighted by Crippen LogP contribution is -2.14. The van der Waals surface area contributed by atoms with Crippen molar-refractivity contribution in [2.24, 2.45) is 0 Å². The molecule has 0 saturated carbocycles. The Labute approximate surface area is 147 Å². The number of aromatic nitrogens is 3. The molecule has 0 fully saturated rings. The van der Waals surface area contributed by atoms with Crippen molar-refractivity contribution in [1.29, 1.82) is 0 Å². The first-order valence-electron chi connectivity index (χ1n) is 7.71. The van der Waals surface area contributed by atoms with Gasteiger partial charge in [-0.2, -0.15) is 0 Å². The molecule has 0 unspecified atom stereocenters. The monoisotopic (exact) mass is 350 g/mol. The van der Waals surface area contributed by atoms with E-state index in [1.54, 1.807) is 6.20 Å². The highest BCUT2D eigenvalue weighted by molar-refractivity contribution is 7.13. The molecule has 6 nitrogen and oxygen atoms in total. The largest absolute Gasteiger partial charge is 0.361 e. The van der Waals surface area contributed by atoms with E-state index in [4.69, 9.17) is 9.51 Å². The minimum absolute atomic E-state index is 0.119. The first-order valence-corrected chi connectivity index (χ1v) is 8.59. The number of hydrogen-bond acceptors (Lipinski definition) is 6. The van der Waals surface area contributed by atoms with E-state index < -0.39 is 0 Å². The molecule has 0 radical (unpaired) electrons. The normalized spacial score (nSPS) is 10.9. The van der Waals surface area contributed by atoms with Crippen molar-refractivity contribution in [2.45, 2.75) is 13.3 Å². The number of carbonyl (C=O) groups excluding carboxylic acids is 1. The van der Waals surface area contributed by atoms with Crippen LogP contribution in [-0.4, -0.2) is 21.0 Å². The van der Waals surface area contributed by atoms with Gasteiger partial charge in [-0.15, -0.1) is 11.3 Å². The molecule has 25 heavy (non-hydrogen) atoms. The first kappa shape index (κ1) is 15.5. The number of benzene rings is 1. The summed E-state index contributed by atoms with van der Waals surface area (Å²) in [5, 5.41) is 10.2. The number of anilines is 1. The third-order valence-electron chi connectivity index (χ3n) is 3.72. The molecule has 0 bridgehead atoms. The number of hydrogen-bond donors (Lipinski definition) is 1. The van der Waals surface area contributed by atoms with Gasteiger partial charge < -0.3 is 9.84 Å². The van der Waals surface area contributed by atoms with Crippen LogP contribution in [0.25, 0.3) is 22.3 Å². The summed E-state index contributed by atoms with van der Waals surface area (Å²) in [5.74, 6) is 0.611. The van der Waals surface area contributed by atoms with Crippen molar-refractivity contribution in [2.75, 3.05) is 5.32 Å². The van der Waals surface area contributed by atoms with Crippen molar-refractivity contribution in [1.82, 2.24) is 15.1 Å². The standard InChI is InChI=1S/C18H14N4O2S/c1-11-9-15(22-24-11)14-6-5-12-3-2-4-13(17(12)20-14)10-16(23)21-18-19-7-8-25-18/h2-9H,10H2,1H3,(H,19,21,23). The van der Waals surface area contributed by atoms with Gasteiger partial charge in [-0.1, -0.05) is 29.4 Å². The highest BCUT2D eigenvalue weighted by Crippen LogP contribution is 2.23. The number of fused-ring (bicyclic) bond motifs is 1. The molecule has 0 aliphatic heterocycles. The quantitative estimate of drug-likeness (QED) is 0.605. The molecule has 1 aromatic carbocycles. The minimum Gasteiger partial charge on any atom is -0.361 e. The molecule has 0 aliphatic carbocycles. The summed E-state index contributed by atoms with van der Waals surface area (Å²) in [6.07, 6.45) is 1.89. The fourth-order valence-electron chi connectivity index (χ4n) is 2.60. The Morgan fingerprint density at radius 3 is 2.92 bits per heavy atom.